The Morgan fingerprint density at radius 3 is 2.50 bits per heavy atom. The van der Waals surface area contributed by atoms with Crippen molar-refractivity contribution in [2.24, 2.45) is 5.73 Å². The molecule has 2 unspecified atom stereocenters. The highest BCUT2D eigenvalue weighted by atomic mass is 16.2. The van der Waals surface area contributed by atoms with E-state index < -0.39 is 0 Å². The van der Waals surface area contributed by atoms with E-state index in [0.717, 1.165) is 13.0 Å². The van der Waals surface area contributed by atoms with Crippen molar-refractivity contribution in [2.75, 3.05) is 20.1 Å². The molecule has 2 rings (SSSR count). The summed E-state index contributed by atoms with van der Waals surface area (Å²) in [5.41, 5.74) is 6.09. The van der Waals surface area contributed by atoms with Crippen LogP contribution in [0.15, 0.2) is 0 Å². The van der Waals surface area contributed by atoms with Gasteiger partial charge in [0.2, 0.25) is 5.91 Å². The van der Waals surface area contributed by atoms with Crippen LogP contribution in [-0.4, -0.2) is 54.0 Å². The maximum absolute atomic E-state index is 12.5. The minimum absolute atomic E-state index is 0.156. The first-order valence-corrected chi connectivity index (χ1v) is 8.35. The second-order valence-corrected chi connectivity index (χ2v) is 6.69. The van der Waals surface area contributed by atoms with Gasteiger partial charge in [-0.2, -0.15) is 0 Å². The highest BCUT2D eigenvalue weighted by Crippen LogP contribution is 2.23. The first-order chi connectivity index (χ1) is 9.59. The third-order valence-corrected chi connectivity index (χ3v) is 5.13. The first kappa shape index (κ1) is 15.8. The number of piperidine rings is 1. The molecule has 0 aromatic rings. The zero-order valence-electron chi connectivity index (χ0n) is 13.2. The van der Waals surface area contributed by atoms with Crippen LogP contribution >= 0.6 is 0 Å². The van der Waals surface area contributed by atoms with Crippen molar-refractivity contribution in [1.82, 2.24) is 9.80 Å². The number of hydrogen-bond acceptors (Lipinski definition) is 3. The molecule has 1 aliphatic carbocycles. The Bertz CT molecular complexity index is 313. The summed E-state index contributed by atoms with van der Waals surface area (Å²) in [4.78, 5) is 16.8. The fourth-order valence-corrected chi connectivity index (χ4v) is 3.77. The third-order valence-electron chi connectivity index (χ3n) is 5.13. The summed E-state index contributed by atoms with van der Waals surface area (Å²) in [7, 11) is 1.99. The van der Waals surface area contributed by atoms with Crippen molar-refractivity contribution in [3.05, 3.63) is 0 Å². The van der Waals surface area contributed by atoms with E-state index in [1.54, 1.807) is 0 Å². The summed E-state index contributed by atoms with van der Waals surface area (Å²) < 4.78 is 0. The zero-order valence-corrected chi connectivity index (χ0v) is 13.2. The number of nitrogens with two attached hydrogens (primary N) is 1. The molecule has 0 aromatic heterocycles. The van der Waals surface area contributed by atoms with Crippen LogP contribution in [0.4, 0.5) is 0 Å². The number of likely N-dealkylation sites (N-methyl/N-ethyl adjacent to an activating group) is 1. The largest absolute Gasteiger partial charge is 0.342 e. The second-order valence-electron chi connectivity index (χ2n) is 6.69. The Balaban J connectivity index is 1.88. The number of nitrogens with zero attached hydrogens (tertiary/aromatic N) is 2. The molecule has 1 amide bonds. The fourth-order valence-electron chi connectivity index (χ4n) is 3.77. The molecule has 20 heavy (non-hydrogen) atoms. The smallest absolute Gasteiger partial charge is 0.236 e. The monoisotopic (exact) mass is 281 g/mol. The van der Waals surface area contributed by atoms with Crippen LogP contribution in [0, 0.1) is 0 Å². The van der Waals surface area contributed by atoms with Gasteiger partial charge in [0, 0.05) is 25.2 Å². The summed E-state index contributed by atoms with van der Waals surface area (Å²) in [6.07, 6.45) is 9.81. The Morgan fingerprint density at radius 1 is 1.20 bits per heavy atom. The van der Waals surface area contributed by atoms with Crippen molar-refractivity contribution in [3.63, 3.8) is 0 Å². The van der Waals surface area contributed by atoms with Gasteiger partial charge in [0.25, 0.3) is 0 Å². The lowest BCUT2D eigenvalue weighted by Crippen LogP contribution is -2.53. The highest BCUT2D eigenvalue weighted by Gasteiger charge is 2.29. The van der Waals surface area contributed by atoms with E-state index in [-0.39, 0.29) is 11.9 Å². The van der Waals surface area contributed by atoms with E-state index in [9.17, 15) is 4.79 Å². The number of hydrogen-bond donors (Lipinski definition) is 1. The average molecular weight is 281 g/mol. The van der Waals surface area contributed by atoms with Crippen LogP contribution in [0.25, 0.3) is 0 Å². The molecular formula is C16H31N3O. The number of rotatable bonds is 4. The number of likely N-dealkylation sites (tertiary alicyclic amines) is 1. The van der Waals surface area contributed by atoms with Crippen LogP contribution < -0.4 is 5.73 Å². The van der Waals surface area contributed by atoms with Crippen LogP contribution in [0.5, 0.6) is 0 Å². The minimum Gasteiger partial charge on any atom is -0.342 e. The lowest BCUT2D eigenvalue weighted by molar-refractivity contribution is -0.134. The van der Waals surface area contributed by atoms with Crippen LogP contribution in [-0.2, 0) is 4.79 Å². The normalized spacial score (nSPS) is 27.2. The van der Waals surface area contributed by atoms with Crippen molar-refractivity contribution in [3.8, 4) is 0 Å². The van der Waals surface area contributed by atoms with Gasteiger partial charge in [-0.05, 0) is 39.2 Å². The van der Waals surface area contributed by atoms with E-state index in [1.807, 2.05) is 11.9 Å². The Labute approximate surface area is 123 Å². The van der Waals surface area contributed by atoms with Gasteiger partial charge in [0.1, 0.15) is 0 Å². The molecule has 2 aliphatic rings. The summed E-state index contributed by atoms with van der Waals surface area (Å²) in [6, 6.07) is 1.00. The van der Waals surface area contributed by atoms with E-state index >= 15 is 0 Å². The quantitative estimate of drug-likeness (QED) is 0.857. The predicted molar refractivity (Wildman–Crippen MR) is 82.5 cm³/mol. The molecule has 1 heterocycles. The van der Waals surface area contributed by atoms with E-state index in [4.69, 9.17) is 5.73 Å². The summed E-state index contributed by atoms with van der Waals surface area (Å²) >= 11 is 0. The van der Waals surface area contributed by atoms with E-state index in [2.05, 4.69) is 11.8 Å². The SMILES string of the molecule is CC(N)C1CCCCN1CC(=O)N(C)C1CCCCC1. The van der Waals surface area contributed by atoms with Gasteiger partial charge in [0.15, 0.2) is 0 Å². The molecule has 116 valence electrons. The highest BCUT2D eigenvalue weighted by molar-refractivity contribution is 5.78. The summed E-state index contributed by atoms with van der Waals surface area (Å²) in [5, 5.41) is 0. The molecule has 2 atom stereocenters. The molecule has 1 saturated heterocycles. The molecule has 0 spiro atoms. The Kier molecular flexibility index (Phi) is 5.85. The van der Waals surface area contributed by atoms with Gasteiger partial charge in [-0.3, -0.25) is 9.69 Å². The Morgan fingerprint density at radius 2 is 1.85 bits per heavy atom. The average Bonchev–Trinajstić information content (AvgIpc) is 2.47. The molecule has 2 fully saturated rings. The standard InChI is InChI=1S/C16H31N3O/c1-13(17)15-10-6-7-11-19(15)12-16(20)18(2)14-8-4-3-5-9-14/h13-15H,3-12,17H2,1-2H3. The molecule has 2 N–H and O–H groups in total. The molecule has 0 radical (unpaired) electrons. The van der Waals surface area contributed by atoms with Crippen molar-refractivity contribution in [2.45, 2.75) is 76.4 Å². The van der Waals surface area contributed by atoms with Crippen molar-refractivity contribution in [1.29, 1.82) is 0 Å². The third kappa shape index (κ3) is 3.95. The Hall–Kier alpha value is -0.610. The topological polar surface area (TPSA) is 49.6 Å². The molecule has 0 aromatic carbocycles. The van der Waals surface area contributed by atoms with E-state index in [0.29, 0.717) is 18.6 Å². The number of carbonyl (C=O) groups is 1. The van der Waals surface area contributed by atoms with Crippen molar-refractivity contribution < 1.29 is 4.79 Å². The predicted octanol–water partition coefficient (Wildman–Crippen LogP) is 1.98. The van der Waals surface area contributed by atoms with E-state index in [1.165, 1.54) is 44.9 Å². The summed E-state index contributed by atoms with van der Waals surface area (Å²) in [5.74, 6) is 0.282. The minimum atomic E-state index is 0.156. The lowest BCUT2D eigenvalue weighted by atomic mass is 9.94. The van der Waals surface area contributed by atoms with Gasteiger partial charge in [-0.25, -0.2) is 0 Å². The van der Waals surface area contributed by atoms with Crippen LogP contribution in [0.2, 0.25) is 0 Å². The number of carbonyl (C=O) groups excluding carboxylic acids is 1. The maximum Gasteiger partial charge on any atom is 0.236 e. The van der Waals surface area contributed by atoms with Gasteiger partial charge >= 0.3 is 0 Å². The van der Waals surface area contributed by atoms with Gasteiger partial charge < -0.3 is 10.6 Å². The van der Waals surface area contributed by atoms with Gasteiger partial charge in [-0.15, -0.1) is 0 Å². The van der Waals surface area contributed by atoms with Crippen LogP contribution in [0.3, 0.4) is 0 Å². The lowest BCUT2D eigenvalue weighted by Gasteiger charge is -2.39. The zero-order chi connectivity index (χ0) is 14.5. The van der Waals surface area contributed by atoms with Crippen LogP contribution in [0.1, 0.15) is 58.3 Å². The second kappa shape index (κ2) is 7.41. The molecule has 1 aliphatic heterocycles. The molecule has 4 nitrogen and oxygen atoms in total. The molecule has 1 saturated carbocycles. The molecular weight excluding hydrogens is 250 g/mol. The number of amides is 1. The van der Waals surface area contributed by atoms with Gasteiger partial charge in [-0.1, -0.05) is 25.7 Å². The fraction of sp³-hybridized carbons (Fsp3) is 0.938. The maximum atomic E-state index is 12.5. The van der Waals surface area contributed by atoms with Crippen molar-refractivity contribution >= 4 is 5.91 Å². The first-order valence-electron chi connectivity index (χ1n) is 8.35. The molecule has 4 heteroatoms. The summed E-state index contributed by atoms with van der Waals surface area (Å²) in [6.45, 7) is 3.65. The molecule has 0 bridgehead atoms. The van der Waals surface area contributed by atoms with Gasteiger partial charge in [0.05, 0.1) is 6.54 Å².